The van der Waals surface area contributed by atoms with Gasteiger partial charge >= 0.3 is 0 Å². The molecule has 2 nitrogen and oxygen atoms in total. The average molecular weight is 261 g/mol. The van der Waals surface area contributed by atoms with E-state index in [1.807, 2.05) is 18.2 Å². The number of nitrogens with zero attached hydrogens (tertiary/aromatic N) is 2. The maximum atomic E-state index is 6.11. The van der Waals surface area contributed by atoms with Crippen LogP contribution in [0.3, 0.4) is 0 Å². The van der Waals surface area contributed by atoms with Gasteiger partial charge < -0.3 is 9.80 Å². The molecular formula is C12H18Cl2N2. The lowest BCUT2D eigenvalue weighted by Crippen LogP contribution is -2.28. The second-order valence-corrected chi connectivity index (χ2v) is 5.06. The summed E-state index contributed by atoms with van der Waals surface area (Å²) in [6.07, 6.45) is 0. The van der Waals surface area contributed by atoms with Gasteiger partial charge in [-0.15, -0.1) is 0 Å². The van der Waals surface area contributed by atoms with Crippen molar-refractivity contribution in [1.82, 2.24) is 9.80 Å². The van der Waals surface area contributed by atoms with Gasteiger partial charge in [0, 0.05) is 35.2 Å². The summed E-state index contributed by atoms with van der Waals surface area (Å²) >= 11 is 12.2. The molecule has 0 aliphatic carbocycles. The highest BCUT2D eigenvalue weighted by Crippen LogP contribution is 2.25. The van der Waals surface area contributed by atoms with Crippen LogP contribution in [-0.2, 0) is 6.54 Å². The first-order chi connectivity index (χ1) is 7.50. The van der Waals surface area contributed by atoms with E-state index in [2.05, 4.69) is 30.9 Å². The molecule has 0 N–H and O–H groups in total. The number of benzene rings is 1. The minimum atomic E-state index is 0.740. The minimum Gasteiger partial charge on any atom is -0.308 e. The predicted octanol–water partition coefficient (Wildman–Crippen LogP) is 2.99. The van der Waals surface area contributed by atoms with Crippen LogP contribution in [0.2, 0.25) is 10.0 Å². The van der Waals surface area contributed by atoms with E-state index >= 15 is 0 Å². The summed E-state index contributed by atoms with van der Waals surface area (Å²) in [4.78, 5) is 4.37. The Morgan fingerprint density at radius 2 is 1.56 bits per heavy atom. The Balaban J connectivity index is 2.59. The molecule has 0 aliphatic rings. The van der Waals surface area contributed by atoms with E-state index in [9.17, 15) is 0 Å². The largest absolute Gasteiger partial charge is 0.308 e. The molecule has 0 heterocycles. The van der Waals surface area contributed by atoms with Crippen molar-refractivity contribution in [3.63, 3.8) is 0 Å². The van der Waals surface area contributed by atoms with Crippen LogP contribution in [0.15, 0.2) is 18.2 Å². The van der Waals surface area contributed by atoms with Gasteiger partial charge in [-0.3, -0.25) is 0 Å². The third-order valence-corrected chi connectivity index (χ3v) is 3.13. The zero-order valence-electron chi connectivity index (χ0n) is 10.0. The number of rotatable bonds is 5. The van der Waals surface area contributed by atoms with Gasteiger partial charge in [0.1, 0.15) is 0 Å². The van der Waals surface area contributed by atoms with Crippen LogP contribution < -0.4 is 0 Å². The molecule has 4 heteroatoms. The molecule has 0 spiro atoms. The van der Waals surface area contributed by atoms with Gasteiger partial charge in [0.05, 0.1) is 0 Å². The zero-order valence-corrected chi connectivity index (χ0v) is 11.5. The zero-order chi connectivity index (χ0) is 12.1. The van der Waals surface area contributed by atoms with Crippen molar-refractivity contribution in [1.29, 1.82) is 0 Å². The normalized spacial score (nSPS) is 11.4. The Kier molecular flexibility index (Phi) is 5.56. The molecular weight excluding hydrogens is 243 g/mol. The fraction of sp³-hybridized carbons (Fsp3) is 0.500. The topological polar surface area (TPSA) is 6.48 Å². The van der Waals surface area contributed by atoms with E-state index in [-0.39, 0.29) is 0 Å². The van der Waals surface area contributed by atoms with Crippen LogP contribution in [0.4, 0.5) is 0 Å². The molecule has 90 valence electrons. The molecule has 0 bridgehead atoms. The lowest BCUT2D eigenvalue weighted by Gasteiger charge is -2.20. The van der Waals surface area contributed by atoms with Crippen LogP contribution in [0.1, 0.15) is 5.56 Å². The lowest BCUT2D eigenvalue weighted by molar-refractivity contribution is 0.276. The molecule has 1 rings (SSSR count). The van der Waals surface area contributed by atoms with Gasteiger partial charge in [0.25, 0.3) is 0 Å². The Bertz CT molecular complexity index is 320. The molecule has 0 saturated heterocycles. The first kappa shape index (κ1) is 13.8. The van der Waals surface area contributed by atoms with Crippen molar-refractivity contribution in [2.45, 2.75) is 6.54 Å². The van der Waals surface area contributed by atoms with E-state index in [1.54, 1.807) is 0 Å². The number of hydrogen-bond donors (Lipinski definition) is 0. The van der Waals surface area contributed by atoms with E-state index in [1.165, 1.54) is 0 Å². The highest BCUT2D eigenvalue weighted by molar-refractivity contribution is 6.35. The van der Waals surface area contributed by atoms with E-state index in [0.29, 0.717) is 0 Å². The lowest BCUT2D eigenvalue weighted by atomic mass is 10.2. The van der Waals surface area contributed by atoms with Gasteiger partial charge in [0.2, 0.25) is 0 Å². The highest BCUT2D eigenvalue weighted by Gasteiger charge is 2.08. The van der Waals surface area contributed by atoms with Crippen molar-refractivity contribution in [3.05, 3.63) is 33.8 Å². The molecule has 0 aromatic heterocycles. The molecule has 0 saturated carbocycles. The Hall–Kier alpha value is -0.280. The maximum absolute atomic E-state index is 6.11. The summed E-state index contributed by atoms with van der Waals surface area (Å²) in [5.41, 5.74) is 1.01. The smallest absolute Gasteiger partial charge is 0.0465 e. The van der Waals surface area contributed by atoms with Crippen molar-refractivity contribution in [2.75, 3.05) is 34.2 Å². The molecule has 0 radical (unpaired) electrons. The van der Waals surface area contributed by atoms with Gasteiger partial charge in [0.15, 0.2) is 0 Å². The van der Waals surface area contributed by atoms with Gasteiger partial charge in [-0.1, -0.05) is 29.3 Å². The first-order valence-corrected chi connectivity index (χ1v) is 6.02. The van der Waals surface area contributed by atoms with Crippen LogP contribution in [0.25, 0.3) is 0 Å². The van der Waals surface area contributed by atoms with E-state index in [0.717, 1.165) is 35.2 Å². The summed E-state index contributed by atoms with van der Waals surface area (Å²) in [5.74, 6) is 0. The fourth-order valence-corrected chi connectivity index (χ4v) is 1.92. The van der Waals surface area contributed by atoms with Crippen molar-refractivity contribution in [3.8, 4) is 0 Å². The summed E-state index contributed by atoms with van der Waals surface area (Å²) in [7, 11) is 6.20. The van der Waals surface area contributed by atoms with Crippen molar-refractivity contribution >= 4 is 23.2 Å². The molecule has 0 unspecified atom stereocenters. The predicted molar refractivity (Wildman–Crippen MR) is 71.4 cm³/mol. The van der Waals surface area contributed by atoms with E-state index < -0.39 is 0 Å². The Morgan fingerprint density at radius 1 is 1.00 bits per heavy atom. The summed E-state index contributed by atoms with van der Waals surface area (Å²) in [6, 6.07) is 5.62. The van der Waals surface area contributed by atoms with Gasteiger partial charge in [-0.05, 0) is 33.3 Å². The standard InChI is InChI=1S/C12H18Cl2N2/c1-15(2)7-8-16(3)9-10-11(13)5-4-6-12(10)14/h4-6H,7-9H2,1-3H3. The Labute approximate surface area is 108 Å². The Morgan fingerprint density at radius 3 is 2.06 bits per heavy atom. The second-order valence-electron chi connectivity index (χ2n) is 4.24. The summed E-state index contributed by atoms with van der Waals surface area (Å²) in [5, 5.41) is 1.48. The number of likely N-dealkylation sites (N-methyl/N-ethyl adjacent to an activating group) is 2. The third kappa shape index (κ3) is 4.30. The number of halogens is 2. The molecule has 0 amide bonds. The molecule has 0 fully saturated rings. The van der Waals surface area contributed by atoms with Crippen LogP contribution in [0.5, 0.6) is 0 Å². The van der Waals surface area contributed by atoms with Crippen LogP contribution in [0, 0.1) is 0 Å². The molecule has 0 atom stereocenters. The van der Waals surface area contributed by atoms with Gasteiger partial charge in [-0.2, -0.15) is 0 Å². The molecule has 1 aromatic rings. The van der Waals surface area contributed by atoms with Gasteiger partial charge in [-0.25, -0.2) is 0 Å². The number of hydrogen-bond acceptors (Lipinski definition) is 2. The third-order valence-electron chi connectivity index (χ3n) is 2.42. The quantitative estimate of drug-likeness (QED) is 0.804. The van der Waals surface area contributed by atoms with E-state index in [4.69, 9.17) is 23.2 Å². The summed E-state index contributed by atoms with van der Waals surface area (Å²) in [6.45, 7) is 2.81. The fourth-order valence-electron chi connectivity index (χ4n) is 1.40. The minimum absolute atomic E-state index is 0.740. The summed E-state index contributed by atoms with van der Waals surface area (Å²) < 4.78 is 0. The van der Waals surface area contributed by atoms with Crippen LogP contribution >= 0.6 is 23.2 Å². The highest BCUT2D eigenvalue weighted by atomic mass is 35.5. The maximum Gasteiger partial charge on any atom is 0.0465 e. The first-order valence-electron chi connectivity index (χ1n) is 5.27. The van der Waals surface area contributed by atoms with Crippen LogP contribution in [-0.4, -0.2) is 44.0 Å². The SMILES string of the molecule is CN(C)CCN(C)Cc1c(Cl)cccc1Cl. The van der Waals surface area contributed by atoms with Crippen molar-refractivity contribution in [2.24, 2.45) is 0 Å². The van der Waals surface area contributed by atoms with Crippen molar-refractivity contribution < 1.29 is 0 Å². The molecule has 16 heavy (non-hydrogen) atoms. The second kappa shape index (κ2) is 6.45. The average Bonchev–Trinajstić information content (AvgIpc) is 2.21. The molecule has 0 aliphatic heterocycles. The molecule has 1 aromatic carbocycles. The monoisotopic (exact) mass is 260 g/mol.